The molecule has 1 aliphatic heterocycles. The van der Waals surface area contributed by atoms with E-state index in [1.54, 1.807) is 30.9 Å². The molecule has 0 radical (unpaired) electrons. The molecular formula is C19H34N3O6P. The average Bonchev–Trinajstić information content (AvgIpc) is 2.68. The lowest BCUT2D eigenvalue weighted by Gasteiger charge is -2.34. The maximum absolute atomic E-state index is 12.4. The number of rotatable bonds is 7. The van der Waals surface area contributed by atoms with E-state index in [4.69, 9.17) is 0 Å². The smallest absolute Gasteiger partial charge is 0.347 e. The van der Waals surface area contributed by atoms with E-state index in [2.05, 4.69) is 9.80 Å². The number of hydrogen-bond donors (Lipinski definition) is 5. The summed E-state index contributed by atoms with van der Waals surface area (Å²) >= 11 is 0. The summed E-state index contributed by atoms with van der Waals surface area (Å²) in [6.07, 6.45) is -1.05. The molecule has 5 N–H and O–H groups in total. The first-order chi connectivity index (χ1) is 13.6. The Kier molecular flexibility index (Phi) is 9.06. The van der Waals surface area contributed by atoms with Gasteiger partial charge >= 0.3 is 7.60 Å². The van der Waals surface area contributed by atoms with Crippen LogP contribution >= 0.6 is 7.60 Å². The number of phenols is 1. The number of benzene rings is 1. The highest BCUT2D eigenvalue weighted by Crippen LogP contribution is 2.55. The summed E-state index contributed by atoms with van der Waals surface area (Å²) in [5.41, 5.74) is 0.198. The van der Waals surface area contributed by atoms with Crippen molar-refractivity contribution in [1.29, 1.82) is 0 Å². The van der Waals surface area contributed by atoms with Gasteiger partial charge in [-0.1, -0.05) is 18.2 Å². The molecule has 0 aliphatic carbocycles. The number of para-hydroxylation sites is 1. The third-order valence-corrected chi connectivity index (χ3v) is 6.31. The van der Waals surface area contributed by atoms with Crippen molar-refractivity contribution in [2.24, 2.45) is 0 Å². The second kappa shape index (κ2) is 10.8. The fourth-order valence-electron chi connectivity index (χ4n) is 3.81. The van der Waals surface area contributed by atoms with Gasteiger partial charge in [0, 0.05) is 57.9 Å². The summed E-state index contributed by atoms with van der Waals surface area (Å²) in [6, 6.07) is 6.22. The van der Waals surface area contributed by atoms with Gasteiger partial charge in [-0.15, -0.1) is 0 Å². The van der Waals surface area contributed by atoms with Gasteiger partial charge in [0.05, 0.1) is 12.2 Å². The van der Waals surface area contributed by atoms with E-state index in [9.17, 15) is 29.7 Å². The lowest BCUT2D eigenvalue weighted by atomic mass is 10.2. The molecule has 2 rings (SSSR count). The van der Waals surface area contributed by atoms with Crippen LogP contribution in [0.15, 0.2) is 24.3 Å². The Balaban J connectivity index is 2.32. The van der Waals surface area contributed by atoms with Gasteiger partial charge in [-0.3, -0.25) is 19.3 Å². The molecule has 9 nitrogen and oxygen atoms in total. The molecule has 1 aromatic rings. The molecule has 10 heteroatoms. The van der Waals surface area contributed by atoms with E-state index < -0.39 is 25.6 Å². The quantitative estimate of drug-likeness (QED) is 0.386. The minimum absolute atomic E-state index is 0.151. The molecule has 0 saturated carbocycles. The zero-order valence-corrected chi connectivity index (χ0v) is 18.0. The van der Waals surface area contributed by atoms with Gasteiger partial charge in [0.1, 0.15) is 11.5 Å². The van der Waals surface area contributed by atoms with Crippen molar-refractivity contribution in [2.75, 3.05) is 52.4 Å². The van der Waals surface area contributed by atoms with Crippen molar-refractivity contribution in [3.63, 3.8) is 0 Å². The monoisotopic (exact) mass is 431 g/mol. The normalized spacial score (nSPS) is 21.7. The van der Waals surface area contributed by atoms with Crippen LogP contribution in [0, 0.1) is 0 Å². The molecule has 1 heterocycles. The molecule has 1 fully saturated rings. The first kappa shape index (κ1) is 24.2. The topological polar surface area (TPSA) is 128 Å². The highest BCUT2D eigenvalue weighted by Gasteiger charge is 2.38. The fraction of sp³-hybridized carbons (Fsp3) is 0.684. The summed E-state index contributed by atoms with van der Waals surface area (Å²) < 4.78 is 12.4. The molecule has 1 aliphatic rings. The molecule has 1 saturated heterocycles. The fourth-order valence-corrected chi connectivity index (χ4v) is 5.05. The second-order valence-corrected chi connectivity index (χ2v) is 9.52. The van der Waals surface area contributed by atoms with E-state index in [1.807, 2.05) is 0 Å². The highest BCUT2D eigenvalue weighted by molar-refractivity contribution is 7.52. The Labute approximate surface area is 172 Å². The summed E-state index contributed by atoms with van der Waals surface area (Å²) in [4.78, 5) is 26.0. The summed E-state index contributed by atoms with van der Waals surface area (Å²) in [6.45, 7) is 7.48. The van der Waals surface area contributed by atoms with Crippen LogP contribution in [0.2, 0.25) is 0 Å². The van der Waals surface area contributed by atoms with Crippen LogP contribution in [0.4, 0.5) is 0 Å². The number of nitrogens with zero attached hydrogens (tertiary/aromatic N) is 3. The summed E-state index contributed by atoms with van der Waals surface area (Å²) in [7, 11) is -4.61. The Morgan fingerprint density at radius 2 is 1.34 bits per heavy atom. The Bertz CT molecular complexity index is 662. The molecule has 1 unspecified atom stereocenters. The predicted molar refractivity (Wildman–Crippen MR) is 111 cm³/mol. The van der Waals surface area contributed by atoms with Crippen molar-refractivity contribution in [1.82, 2.24) is 14.7 Å². The van der Waals surface area contributed by atoms with Gasteiger partial charge in [0.2, 0.25) is 0 Å². The van der Waals surface area contributed by atoms with Crippen LogP contribution in [0.25, 0.3) is 0 Å². The van der Waals surface area contributed by atoms with Crippen molar-refractivity contribution < 1.29 is 29.7 Å². The average molecular weight is 431 g/mol. The standard InChI is InChI=1S/C19H34N3O6P/c1-15(23)13-20-7-8-21(14-16(2)24)10-12-22(11-9-20)19(29(26,27)28)17-5-3-4-6-18(17)25/h3-6,15-16,19,23-25H,7-14H2,1-2H3,(H2,26,27,28)/t15-,16-,19?/m0/s1. The first-order valence-electron chi connectivity index (χ1n) is 9.96. The van der Waals surface area contributed by atoms with Crippen LogP contribution in [-0.2, 0) is 4.57 Å². The van der Waals surface area contributed by atoms with E-state index in [0.29, 0.717) is 52.4 Å². The number of hydrogen-bond acceptors (Lipinski definition) is 7. The van der Waals surface area contributed by atoms with Gasteiger partial charge in [-0.2, -0.15) is 0 Å². The zero-order chi connectivity index (χ0) is 21.6. The van der Waals surface area contributed by atoms with Crippen LogP contribution in [0.3, 0.4) is 0 Å². The first-order valence-corrected chi connectivity index (χ1v) is 11.6. The van der Waals surface area contributed by atoms with Gasteiger partial charge in [0.15, 0.2) is 0 Å². The summed E-state index contributed by atoms with van der Waals surface area (Å²) in [5, 5.41) is 29.8. The Morgan fingerprint density at radius 1 is 0.897 bits per heavy atom. The lowest BCUT2D eigenvalue weighted by molar-refractivity contribution is 0.102. The molecular weight excluding hydrogens is 397 g/mol. The predicted octanol–water partition coefficient (Wildman–Crippen LogP) is 0.250. The van der Waals surface area contributed by atoms with Crippen molar-refractivity contribution >= 4 is 7.60 Å². The number of β-amino-alcohol motifs (C(OH)–C–C–N with tert-alkyl or cyclic N) is 2. The lowest BCUT2D eigenvalue weighted by Crippen LogP contribution is -2.41. The number of aromatic hydroxyl groups is 1. The number of aliphatic hydroxyl groups excluding tert-OH is 2. The molecule has 1 aromatic carbocycles. The minimum Gasteiger partial charge on any atom is -0.508 e. The Morgan fingerprint density at radius 3 is 1.76 bits per heavy atom. The van der Waals surface area contributed by atoms with Gasteiger partial charge in [-0.05, 0) is 19.9 Å². The summed E-state index contributed by atoms with van der Waals surface area (Å²) in [5.74, 6) is -1.41. The molecule has 0 amide bonds. The van der Waals surface area contributed by atoms with E-state index in [-0.39, 0.29) is 11.3 Å². The van der Waals surface area contributed by atoms with Crippen molar-refractivity contribution in [2.45, 2.75) is 31.8 Å². The number of phenolic OH excluding ortho intramolecular Hbond substituents is 1. The van der Waals surface area contributed by atoms with E-state index in [1.165, 1.54) is 12.1 Å². The molecule has 0 aromatic heterocycles. The minimum atomic E-state index is -4.61. The number of aliphatic hydroxyl groups is 2. The van der Waals surface area contributed by atoms with Crippen molar-refractivity contribution in [3.8, 4) is 5.75 Å². The van der Waals surface area contributed by atoms with E-state index >= 15 is 0 Å². The zero-order valence-electron chi connectivity index (χ0n) is 17.1. The maximum atomic E-state index is 12.4. The highest BCUT2D eigenvalue weighted by atomic mass is 31.2. The van der Waals surface area contributed by atoms with Crippen LogP contribution < -0.4 is 0 Å². The van der Waals surface area contributed by atoms with Gasteiger partial charge in [0.25, 0.3) is 0 Å². The molecule has 0 spiro atoms. The van der Waals surface area contributed by atoms with Crippen LogP contribution in [-0.4, -0.2) is 104 Å². The molecule has 3 atom stereocenters. The van der Waals surface area contributed by atoms with E-state index in [0.717, 1.165) is 0 Å². The van der Waals surface area contributed by atoms with Crippen LogP contribution in [0.1, 0.15) is 25.2 Å². The third-order valence-electron chi connectivity index (χ3n) is 5.06. The largest absolute Gasteiger partial charge is 0.508 e. The van der Waals surface area contributed by atoms with Gasteiger partial charge in [-0.25, -0.2) is 0 Å². The van der Waals surface area contributed by atoms with Crippen LogP contribution in [0.5, 0.6) is 5.75 Å². The molecule has 0 bridgehead atoms. The third kappa shape index (κ3) is 7.62. The van der Waals surface area contributed by atoms with Crippen molar-refractivity contribution in [3.05, 3.63) is 29.8 Å². The molecule has 29 heavy (non-hydrogen) atoms. The SMILES string of the molecule is C[C@H](O)CN1CCN(C[C@H](C)O)CCN(C(c2ccccc2O)P(=O)(O)O)CC1. The molecule has 166 valence electrons. The second-order valence-electron chi connectivity index (χ2n) is 7.86. The maximum Gasteiger partial charge on any atom is 0.347 e. The van der Waals surface area contributed by atoms with Gasteiger partial charge < -0.3 is 25.1 Å². The Hall–Kier alpha value is -1.03.